The topological polar surface area (TPSA) is 76.1 Å². The van der Waals surface area contributed by atoms with E-state index < -0.39 is 5.97 Å². The molecule has 0 atom stereocenters. The van der Waals surface area contributed by atoms with Crippen LogP contribution in [0.15, 0.2) is 24.3 Å². The molecule has 0 aliphatic carbocycles. The molecule has 0 bridgehead atoms. The van der Waals surface area contributed by atoms with E-state index in [1.165, 1.54) is 0 Å². The van der Waals surface area contributed by atoms with Gasteiger partial charge in [-0.2, -0.15) is 0 Å². The number of carbonyl (C=O) groups excluding carboxylic acids is 1. The van der Waals surface area contributed by atoms with Gasteiger partial charge in [-0.15, -0.1) is 0 Å². The van der Waals surface area contributed by atoms with Crippen molar-refractivity contribution in [3.63, 3.8) is 0 Å². The van der Waals surface area contributed by atoms with Gasteiger partial charge in [-0.25, -0.2) is 4.79 Å². The Morgan fingerprint density at radius 2 is 1.87 bits per heavy atom. The van der Waals surface area contributed by atoms with Crippen molar-refractivity contribution in [3.8, 4) is 5.75 Å². The average Bonchev–Trinajstić information content (AvgIpc) is 2.50. The molecule has 0 unspecified atom stereocenters. The van der Waals surface area contributed by atoms with Crippen LogP contribution in [-0.2, 0) is 20.9 Å². The fraction of sp³-hybridized carbons (Fsp3) is 0.529. The average molecular weight is 323 g/mol. The Kier molecular flexibility index (Phi) is 8.11. The molecule has 1 amide bonds. The van der Waals surface area contributed by atoms with E-state index >= 15 is 0 Å². The quantitative estimate of drug-likeness (QED) is 0.669. The Morgan fingerprint density at radius 3 is 2.43 bits per heavy atom. The Morgan fingerprint density at radius 1 is 1.22 bits per heavy atom. The van der Waals surface area contributed by atoms with Crippen molar-refractivity contribution < 1.29 is 24.2 Å². The number of ether oxygens (including phenoxy) is 2. The molecule has 0 aliphatic rings. The number of amides is 1. The van der Waals surface area contributed by atoms with Crippen LogP contribution in [0.25, 0.3) is 0 Å². The number of hydrogen-bond donors (Lipinski definition) is 1. The van der Waals surface area contributed by atoms with Gasteiger partial charge in [-0.1, -0.05) is 12.1 Å². The van der Waals surface area contributed by atoms with Crippen LogP contribution in [0.4, 0.5) is 0 Å². The van der Waals surface area contributed by atoms with Crippen molar-refractivity contribution >= 4 is 11.9 Å². The number of hydrogen-bond acceptors (Lipinski definition) is 4. The SMILES string of the molecule is CC(C)OCCCC(=O)N(C)Cc1ccc(OCC(=O)O)cc1. The van der Waals surface area contributed by atoms with Gasteiger partial charge in [0.25, 0.3) is 0 Å². The fourth-order valence-electron chi connectivity index (χ4n) is 1.93. The third kappa shape index (κ3) is 8.21. The van der Waals surface area contributed by atoms with Crippen molar-refractivity contribution in [3.05, 3.63) is 29.8 Å². The highest BCUT2D eigenvalue weighted by molar-refractivity contribution is 5.75. The molecule has 1 aromatic carbocycles. The molecule has 1 N–H and O–H groups in total. The van der Waals surface area contributed by atoms with Gasteiger partial charge in [-0.05, 0) is 38.0 Å². The second kappa shape index (κ2) is 9.84. The standard InChI is InChI=1S/C17H25NO5/c1-13(2)22-10-4-5-16(19)18(3)11-14-6-8-15(9-7-14)23-12-17(20)21/h6-9,13H,4-5,10-12H2,1-3H3,(H,20,21). The van der Waals surface area contributed by atoms with Gasteiger partial charge >= 0.3 is 5.97 Å². The summed E-state index contributed by atoms with van der Waals surface area (Å²) in [6, 6.07) is 7.05. The van der Waals surface area contributed by atoms with Gasteiger partial charge in [0.05, 0.1) is 6.10 Å². The van der Waals surface area contributed by atoms with E-state index in [1.807, 2.05) is 26.0 Å². The zero-order chi connectivity index (χ0) is 17.2. The van der Waals surface area contributed by atoms with Crippen molar-refractivity contribution in [1.82, 2.24) is 4.90 Å². The minimum Gasteiger partial charge on any atom is -0.482 e. The van der Waals surface area contributed by atoms with Crippen LogP contribution in [0.2, 0.25) is 0 Å². The number of carboxylic acid groups (broad SMARTS) is 1. The van der Waals surface area contributed by atoms with E-state index in [-0.39, 0.29) is 18.6 Å². The lowest BCUT2D eigenvalue weighted by Gasteiger charge is -2.17. The van der Waals surface area contributed by atoms with Gasteiger partial charge in [0.1, 0.15) is 5.75 Å². The number of benzene rings is 1. The molecule has 0 aromatic heterocycles. The van der Waals surface area contributed by atoms with Gasteiger partial charge < -0.3 is 19.5 Å². The molecule has 0 saturated carbocycles. The molecular formula is C17H25NO5. The van der Waals surface area contributed by atoms with Crippen molar-refractivity contribution in [2.24, 2.45) is 0 Å². The Hall–Kier alpha value is -2.08. The first-order valence-electron chi connectivity index (χ1n) is 7.67. The minimum atomic E-state index is -1.01. The van der Waals surface area contributed by atoms with Gasteiger partial charge in [0, 0.05) is 26.6 Å². The highest BCUT2D eigenvalue weighted by Gasteiger charge is 2.09. The Labute approximate surface area is 137 Å². The summed E-state index contributed by atoms with van der Waals surface area (Å²) in [7, 11) is 1.76. The molecule has 0 radical (unpaired) electrons. The smallest absolute Gasteiger partial charge is 0.341 e. The number of rotatable bonds is 10. The predicted molar refractivity (Wildman–Crippen MR) is 86.4 cm³/mol. The number of carboxylic acids is 1. The lowest BCUT2D eigenvalue weighted by molar-refractivity contribution is -0.139. The van der Waals surface area contributed by atoms with Crippen LogP contribution >= 0.6 is 0 Å². The van der Waals surface area contributed by atoms with Gasteiger partial charge in [0.2, 0.25) is 5.91 Å². The van der Waals surface area contributed by atoms with Gasteiger partial charge in [-0.3, -0.25) is 4.79 Å². The molecule has 0 heterocycles. The first-order chi connectivity index (χ1) is 10.9. The first-order valence-corrected chi connectivity index (χ1v) is 7.67. The van der Waals surface area contributed by atoms with E-state index in [1.54, 1.807) is 24.1 Å². The highest BCUT2D eigenvalue weighted by Crippen LogP contribution is 2.13. The summed E-state index contributed by atoms with van der Waals surface area (Å²) < 4.78 is 10.5. The molecular weight excluding hydrogens is 298 g/mol. The highest BCUT2D eigenvalue weighted by atomic mass is 16.5. The maximum atomic E-state index is 12.0. The lowest BCUT2D eigenvalue weighted by Crippen LogP contribution is -2.26. The molecule has 1 aromatic rings. The summed E-state index contributed by atoms with van der Waals surface area (Å²) in [6.07, 6.45) is 1.36. The predicted octanol–water partition coefficient (Wildman–Crippen LogP) is 2.31. The Bertz CT molecular complexity index is 498. The van der Waals surface area contributed by atoms with Crippen molar-refractivity contribution in [2.75, 3.05) is 20.3 Å². The van der Waals surface area contributed by atoms with E-state index in [0.717, 1.165) is 5.56 Å². The second-order valence-electron chi connectivity index (χ2n) is 5.60. The molecule has 23 heavy (non-hydrogen) atoms. The van der Waals surface area contributed by atoms with Crippen LogP contribution in [-0.4, -0.2) is 48.2 Å². The molecule has 0 aliphatic heterocycles. The normalized spacial score (nSPS) is 10.6. The zero-order valence-corrected chi connectivity index (χ0v) is 13.9. The van der Waals surface area contributed by atoms with E-state index in [4.69, 9.17) is 14.6 Å². The molecule has 0 spiro atoms. The maximum absolute atomic E-state index is 12.0. The molecule has 1 rings (SSSR count). The van der Waals surface area contributed by atoms with Crippen LogP contribution in [0.1, 0.15) is 32.3 Å². The molecule has 0 fully saturated rings. The summed E-state index contributed by atoms with van der Waals surface area (Å²) in [4.78, 5) is 24.1. The molecule has 6 heteroatoms. The summed E-state index contributed by atoms with van der Waals surface area (Å²) in [6.45, 7) is 4.67. The van der Waals surface area contributed by atoms with Crippen molar-refractivity contribution in [1.29, 1.82) is 0 Å². The van der Waals surface area contributed by atoms with E-state index in [9.17, 15) is 9.59 Å². The summed E-state index contributed by atoms with van der Waals surface area (Å²) >= 11 is 0. The fourth-order valence-corrected chi connectivity index (χ4v) is 1.93. The third-order valence-corrected chi connectivity index (χ3v) is 3.12. The summed E-state index contributed by atoms with van der Waals surface area (Å²) in [5.41, 5.74) is 0.960. The van der Waals surface area contributed by atoms with Gasteiger partial charge in [0.15, 0.2) is 6.61 Å². The largest absolute Gasteiger partial charge is 0.482 e. The molecule has 6 nitrogen and oxygen atoms in total. The first kappa shape index (κ1) is 19.0. The number of nitrogens with zero attached hydrogens (tertiary/aromatic N) is 1. The molecule has 128 valence electrons. The minimum absolute atomic E-state index is 0.0727. The lowest BCUT2D eigenvalue weighted by atomic mass is 10.2. The second-order valence-corrected chi connectivity index (χ2v) is 5.60. The van der Waals surface area contributed by atoms with Crippen LogP contribution in [0.3, 0.4) is 0 Å². The summed E-state index contributed by atoms with van der Waals surface area (Å²) in [5.74, 6) is -0.444. The van der Waals surface area contributed by atoms with E-state index in [2.05, 4.69) is 0 Å². The maximum Gasteiger partial charge on any atom is 0.341 e. The third-order valence-electron chi connectivity index (χ3n) is 3.12. The van der Waals surface area contributed by atoms with E-state index in [0.29, 0.717) is 31.7 Å². The van der Waals surface area contributed by atoms with Crippen LogP contribution in [0, 0.1) is 0 Å². The summed E-state index contributed by atoms with van der Waals surface area (Å²) in [5, 5.41) is 8.55. The van der Waals surface area contributed by atoms with Crippen LogP contribution in [0.5, 0.6) is 5.75 Å². The number of aliphatic carboxylic acids is 1. The van der Waals surface area contributed by atoms with Crippen LogP contribution < -0.4 is 4.74 Å². The Balaban J connectivity index is 2.36. The number of carbonyl (C=O) groups is 2. The molecule has 0 saturated heterocycles. The monoisotopic (exact) mass is 323 g/mol. The van der Waals surface area contributed by atoms with Crippen molar-refractivity contribution in [2.45, 2.75) is 39.3 Å². The zero-order valence-electron chi connectivity index (χ0n) is 13.9.